The van der Waals surface area contributed by atoms with Crippen molar-refractivity contribution in [3.8, 4) is 0 Å². The van der Waals surface area contributed by atoms with Gasteiger partial charge in [0.15, 0.2) is 0 Å². The van der Waals surface area contributed by atoms with E-state index in [0.717, 1.165) is 11.1 Å². The normalized spacial score (nSPS) is 15.4. The summed E-state index contributed by atoms with van der Waals surface area (Å²) in [6, 6.07) is 14.8. The van der Waals surface area contributed by atoms with Crippen molar-refractivity contribution in [3.63, 3.8) is 0 Å². The summed E-state index contributed by atoms with van der Waals surface area (Å²) in [6.45, 7) is 2.77. The van der Waals surface area contributed by atoms with Crippen LogP contribution >= 0.6 is 11.6 Å². The van der Waals surface area contributed by atoms with Gasteiger partial charge in [0, 0.05) is 23.3 Å². The van der Waals surface area contributed by atoms with Crippen LogP contribution in [-0.4, -0.2) is 59.2 Å². The predicted molar refractivity (Wildman–Crippen MR) is 140 cm³/mol. The number of amides is 3. The Morgan fingerprint density at radius 3 is 2.53 bits per heavy atom. The minimum absolute atomic E-state index is 0.216. The van der Waals surface area contributed by atoms with E-state index in [9.17, 15) is 14.4 Å². The molecule has 2 heterocycles. The van der Waals surface area contributed by atoms with Crippen molar-refractivity contribution in [3.05, 3.63) is 88.1 Å². The Kier molecular flexibility index (Phi) is 7.67. The molecule has 4 rings (SSSR count). The maximum atomic E-state index is 13.6. The number of aryl methyl sites for hydroxylation is 1. The van der Waals surface area contributed by atoms with E-state index in [1.807, 2.05) is 32.0 Å². The Morgan fingerprint density at radius 1 is 1.11 bits per heavy atom. The van der Waals surface area contributed by atoms with E-state index in [2.05, 4.69) is 15.6 Å². The van der Waals surface area contributed by atoms with Gasteiger partial charge >= 0.3 is 0 Å². The van der Waals surface area contributed by atoms with Crippen molar-refractivity contribution in [1.82, 2.24) is 14.8 Å². The van der Waals surface area contributed by atoms with Gasteiger partial charge in [-0.2, -0.15) is 0 Å². The number of rotatable bonds is 7. The molecule has 0 spiro atoms. The van der Waals surface area contributed by atoms with Crippen LogP contribution in [0.4, 0.5) is 11.5 Å². The third-order valence-corrected chi connectivity index (χ3v) is 6.22. The highest BCUT2D eigenvalue weighted by molar-refractivity contribution is 6.31. The van der Waals surface area contributed by atoms with Crippen molar-refractivity contribution in [1.29, 1.82) is 0 Å². The number of nitrogens with zero attached hydrogens (tertiary/aromatic N) is 3. The van der Waals surface area contributed by atoms with Gasteiger partial charge in [-0.25, -0.2) is 4.98 Å². The molecule has 1 aromatic heterocycles. The molecular weight excluding hydrogens is 478 g/mol. The summed E-state index contributed by atoms with van der Waals surface area (Å²) >= 11 is 6.11. The molecule has 1 aliphatic rings. The summed E-state index contributed by atoms with van der Waals surface area (Å²) in [6.07, 6.45) is 2.15. The lowest BCUT2D eigenvalue weighted by molar-refractivity contribution is -0.120. The second kappa shape index (κ2) is 10.9. The van der Waals surface area contributed by atoms with Crippen LogP contribution in [0.15, 0.2) is 60.8 Å². The number of nitrogens with one attached hydrogen (secondary N) is 2. The molecule has 3 aromatic rings. The maximum Gasteiger partial charge on any atom is 0.256 e. The third-order valence-electron chi connectivity index (χ3n) is 5.98. The molecular formula is C27H28ClN5O3. The minimum Gasteiger partial charge on any atom is -0.323 e. The van der Waals surface area contributed by atoms with Crippen LogP contribution in [-0.2, 0) is 11.3 Å². The van der Waals surface area contributed by atoms with E-state index < -0.39 is 6.04 Å². The van der Waals surface area contributed by atoms with Crippen molar-refractivity contribution >= 4 is 40.8 Å². The fraction of sp³-hybridized carbons (Fsp3) is 0.259. The highest BCUT2D eigenvalue weighted by Gasteiger charge is 2.35. The van der Waals surface area contributed by atoms with Gasteiger partial charge in [-0.3, -0.25) is 14.4 Å². The second-order valence-corrected chi connectivity index (χ2v) is 9.53. The summed E-state index contributed by atoms with van der Waals surface area (Å²) in [5.41, 5.74) is 3.07. The molecule has 0 aliphatic carbocycles. The summed E-state index contributed by atoms with van der Waals surface area (Å²) in [5, 5.41) is 6.08. The number of pyridine rings is 1. The van der Waals surface area contributed by atoms with E-state index in [-0.39, 0.29) is 24.3 Å². The van der Waals surface area contributed by atoms with Crippen LogP contribution in [0.25, 0.3) is 0 Å². The van der Waals surface area contributed by atoms with Gasteiger partial charge in [0.1, 0.15) is 11.9 Å². The molecule has 1 aliphatic heterocycles. The summed E-state index contributed by atoms with van der Waals surface area (Å²) in [7, 11) is 3.84. The molecule has 0 saturated carbocycles. The minimum atomic E-state index is -0.665. The Balaban J connectivity index is 1.56. The highest BCUT2D eigenvalue weighted by Crippen LogP contribution is 2.28. The van der Waals surface area contributed by atoms with E-state index in [4.69, 9.17) is 11.6 Å². The van der Waals surface area contributed by atoms with Gasteiger partial charge in [-0.1, -0.05) is 29.8 Å². The SMILES string of the molecule is Cc1ccc(NC(=O)c2ccc(CN3C(=O)c4ccc(Cl)cc4NC(=O)[C@H]3CCN(C)C)cc2)nc1. The fourth-order valence-electron chi connectivity index (χ4n) is 4.00. The summed E-state index contributed by atoms with van der Waals surface area (Å²) < 4.78 is 0. The van der Waals surface area contributed by atoms with Crippen LogP contribution in [0.5, 0.6) is 0 Å². The molecule has 0 saturated heterocycles. The first-order valence-corrected chi connectivity index (χ1v) is 12.0. The number of anilines is 2. The lowest BCUT2D eigenvalue weighted by Gasteiger charge is -2.29. The molecule has 0 radical (unpaired) electrons. The molecule has 0 bridgehead atoms. The number of hydrogen-bond acceptors (Lipinski definition) is 5. The largest absolute Gasteiger partial charge is 0.323 e. The number of carbonyl (C=O) groups excluding carboxylic acids is 3. The Morgan fingerprint density at radius 2 is 1.86 bits per heavy atom. The molecule has 0 fully saturated rings. The molecule has 0 unspecified atom stereocenters. The number of fused-ring (bicyclic) bond motifs is 1. The Labute approximate surface area is 215 Å². The number of carbonyl (C=O) groups is 3. The molecule has 8 nitrogen and oxygen atoms in total. The first-order valence-electron chi connectivity index (χ1n) is 11.6. The lowest BCUT2D eigenvalue weighted by Crippen LogP contribution is -2.46. The molecule has 2 aromatic carbocycles. The molecule has 1 atom stereocenters. The van der Waals surface area contributed by atoms with Crippen molar-refractivity contribution in [2.45, 2.75) is 25.9 Å². The first kappa shape index (κ1) is 25.3. The summed E-state index contributed by atoms with van der Waals surface area (Å²) in [4.78, 5) is 47.1. The van der Waals surface area contributed by atoms with E-state index in [1.165, 1.54) is 0 Å². The average molecular weight is 506 g/mol. The van der Waals surface area contributed by atoms with E-state index in [0.29, 0.717) is 40.6 Å². The van der Waals surface area contributed by atoms with Gasteiger partial charge in [0.05, 0.1) is 11.3 Å². The number of halogens is 1. The molecule has 36 heavy (non-hydrogen) atoms. The van der Waals surface area contributed by atoms with Crippen molar-refractivity contribution in [2.24, 2.45) is 0 Å². The predicted octanol–water partition coefficient (Wildman–Crippen LogP) is 4.21. The van der Waals surface area contributed by atoms with Crippen LogP contribution in [0.2, 0.25) is 5.02 Å². The maximum absolute atomic E-state index is 13.6. The quantitative estimate of drug-likeness (QED) is 0.501. The zero-order valence-electron chi connectivity index (χ0n) is 20.4. The average Bonchev–Trinajstić information content (AvgIpc) is 2.93. The second-order valence-electron chi connectivity index (χ2n) is 9.09. The van der Waals surface area contributed by atoms with E-state index in [1.54, 1.807) is 59.6 Å². The fourth-order valence-corrected chi connectivity index (χ4v) is 4.17. The highest BCUT2D eigenvalue weighted by atomic mass is 35.5. The topological polar surface area (TPSA) is 94.6 Å². The smallest absolute Gasteiger partial charge is 0.256 e. The monoisotopic (exact) mass is 505 g/mol. The van der Waals surface area contributed by atoms with E-state index >= 15 is 0 Å². The van der Waals surface area contributed by atoms with Gasteiger partial charge in [-0.15, -0.1) is 0 Å². The number of benzene rings is 2. The van der Waals surface area contributed by atoms with Crippen LogP contribution in [0.3, 0.4) is 0 Å². The summed E-state index contributed by atoms with van der Waals surface area (Å²) in [5.74, 6) is -0.319. The zero-order chi connectivity index (χ0) is 25.8. The van der Waals surface area contributed by atoms with Gasteiger partial charge < -0.3 is 20.4 Å². The zero-order valence-corrected chi connectivity index (χ0v) is 21.2. The molecule has 3 amide bonds. The van der Waals surface area contributed by atoms with Crippen molar-refractivity contribution < 1.29 is 14.4 Å². The Bertz CT molecular complexity index is 1280. The molecule has 186 valence electrons. The molecule has 2 N–H and O–H groups in total. The van der Waals surface area contributed by atoms with Gasteiger partial charge in [0.25, 0.3) is 11.8 Å². The van der Waals surface area contributed by atoms with Gasteiger partial charge in [0.2, 0.25) is 5.91 Å². The Hall–Kier alpha value is -3.75. The first-order chi connectivity index (χ1) is 17.2. The number of hydrogen-bond donors (Lipinski definition) is 2. The van der Waals surface area contributed by atoms with Crippen LogP contribution < -0.4 is 10.6 Å². The van der Waals surface area contributed by atoms with Crippen molar-refractivity contribution in [2.75, 3.05) is 31.3 Å². The lowest BCUT2D eigenvalue weighted by atomic mass is 10.1. The molecule has 9 heteroatoms. The standard InChI is InChI=1S/C27H28ClN5O3/c1-17-4-11-24(29-15-17)31-25(34)19-7-5-18(6-8-19)16-33-23(12-13-32(2)3)26(35)30-22-14-20(28)9-10-21(22)27(33)36/h4-11,14-15,23H,12-13,16H2,1-3H3,(H,30,35)(H,29,31,34)/t23-/m1/s1. The van der Waals surface area contributed by atoms with Gasteiger partial charge in [-0.05, 0) is 81.5 Å². The third kappa shape index (κ3) is 5.90. The number of aromatic nitrogens is 1. The van der Waals surface area contributed by atoms with Crippen LogP contribution in [0, 0.1) is 6.92 Å². The van der Waals surface area contributed by atoms with Crippen LogP contribution in [0.1, 0.15) is 38.3 Å².